The lowest BCUT2D eigenvalue weighted by atomic mass is 10.1. The highest BCUT2D eigenvalue weighted by Gasteiger charge is 2.44. The zero-order valence-corrected chi connectivity index (χ0v) is 18.3. The molecule has 0 aliphatic heterocycles. The van der Waals surface area contributed by atoms with E-state index < -0.39 is 0 Å². The molecule has 1 aliphatic rings. The van der Waals surface area contributed by atoms with Crippen molar-refractivity contribution in [2.75, 3.05) is 0 Å². The Balaban J connectivity index is 1.38. The van der Waals surface area contributed by atoms with E-state index in [0.29, 0.717) is 23.9 Å². The Bertz CT molecular complexity index is 1410. The predicted octanol–water partition coefficient (Wildman–Crippen LogP) is 5.03. The van der Waals surface area contributed by atoms with Gasteiger partial charge in [-0.2, -0.15) is 10.4 Å². The van der Waals surface area contributed by atoms with Crippen molar-refractivity contribution in [3.63, 3.8) is 0 Å². The van der Waals surface area contributed by atoms with Crippen LogP contribution in [-0.4, -0.2) is 14.3 Å². The molecule has 0 N–H and O–H groups in total. The normalized spacial score (nSPS) is 14.3. The average molecular weight is 445 g/mol. The van der Waals surface area contributed by atoms with Crippen LogP contribution in [0.15, 0.2) is 65.6 Å². The Kier molecular flexibility index (Phi) is 4.99. The molecule has 1 aliphatic carbocycles. The number of hydrogen-bond donors (Lipinski definition) is 0. The highest BCUT2D eigenvalue weighted by molar-refractivity contribution is 6.30. The van der Waals surface area contributed by atoms with E-state index in [9.17, 15) is 10.1 Å². The minimum absolute atomic E-state index is 0.176. The van der Waals surface area contributed by atoms with E-state index in [2.05, 4.69) is 11.2 Å². The molecule has 0 radical (unpaired) electrons. The van der Waals surface area contributed by atoms with Crippen molar-refractivity contribution in [3.05, 3.63) is 87.4 Å². The van der Waals surface area contributed by atoms with Gasteiger partial charge in [0.25, 0.3) is 5.56 Å². The van der Waals surface area contributed by atoms with Gasteiger partial charge in [-0.15, -0.1) is 0 Å². The Morgan fingerprint density at radius 3 is 2.62 bits per heavy atom. The first-order chi connectivity index (χ1) is 15.5. The van der Waals surface area contributed by atoms with E-state index in [1.165, 1.54) is 6.07 Å². The number of rotatable bonds is 6. The third kappa shape index (κ3) is 3.88. The molecule has 2 heterocycles. The summed E-state index contributed by atoms with van der Waals surface area (Å²) in [6.07, 6.45) is 3.56. The molecule has 0 atom stereocenters. The van der Waals surface area contributed by atoms with Gasteiger partial charge in [-0.05, 0) is 61.7 Å². The monoisotopic (exact) mass is 444 g/mol. The van der Waals surface area contributed by atoms with Crippen LogP contribution in [0.1, 0.15) is 24.1 Å². The first kappa shape index (κ1) is 20.3. The Morgan fingerprint density at radius 2 is 1.94 bits per heavy atom. The second-order valence-corrected chi connectivity index (χ2v) is 8.76. The lowest BCUT2D eigenvalue weighted by Gasteiger charge is -2.09. The van der Waals surface area contributed by atoms with Gasteiger partial charge >= 0.3 is 0 Å². The van der Waals surface area contributed by atoms with Gasteiger partial charge in [0.2, 0.25) is 0 Å². The maximum absolute atomic E-state index is 12.8. The first-order valence-electron chi connectivity index (χ1n) is 10.5. The molecular formula is C25H21ClN4O2. The summed E-state index contributed by atoms with van der Waals surface area (Å²) < 4.78 is 9.27. The summed E-state index contributed by atoms with van der Waals surface area (Å²) in [6, 6.07) is 18.9. The van der Waals surface area contributed by atoms with Crippen molar-refractivity contribution in [2.24, 2.45) is 5.41 Å². The molecule has 7 heteroatoms. The molecule has 1 fully saturated rings. The van der Waals surface area contributed by atoms with Crippen LogP contribution in [0, 0.1) is 23.7 Å². The van der Waals surface area contributed by atoms with E-state index in [-0.39, 0.29) is 11.0 Å². The number of halogens is 1. The summed E-state index contributed by atoms with van der Waals surface area (Å²) in [7, 11) is 0. The van der Waals surface area contributed by atoms with Crippen LogP contribution in [0.25, 0.3) is 16.6 Å². The lowest BCUT2D eigenvalue weighted by molar-refractivity contribution is 0.305. The smallest absolute Gasteiger partial charge is 0.258 e. The fourth-order valence-electron chi connectivity index (χ4n) is 3.80. The van der Waals surface area contributed by atoms with Crippen molar-refractivity contribution in [2.45, 2.75) is 32.9 Å². The highest BCUT2D eigenvalue weighted by Crippen LogP contribution is 2.46. The maximum Gasteiger partial charge on any atom is 0.258 e. The van der Waals surface area contributed by atoms with E-state index in [0.717, 1.165) is 40.7 Å². The zero-order chi connectivity index (χ0) is 22.3. The zero-order valence-electron chi connectivity index (χ0n) is 17.6. The van der Waals surface area contributed by atoms with Crippen LogP contribution < -0.4 is 10.3 Å². The molecule has 6 nitrogen and oxygen atoms in total. The molecule has 0 bridgehead atoms. The summed E-state index contributed by atoms with van der Waals surface area (Å²) in [5.41, 5.74) is 3.14. The molecule has 0 unspecified atom stereocenters. The minimum Gasteiger partial charge on any atom is -0.489 e. The summed E-state index contributed by atoms with van der Waals surface area (Å²) in [5.74, 6) is 0.512. The van der Waals surface area contributed by atoms with Gasteiger partial charge in [-0.1, -0.05) is 23.7 Å². The number of aromatic nitrogens is 3. The van der Waals surface area contributed by atoms with Crippen LogP contribution in [0.3, 0.4) is 0 Å². The quantitative estimate of drug-likeness (QED) is 0.418. The number of benzene rings is 2. The van der Waals surface area contributed by atoms with E-state index in [4.69, 9.17) is 16.3 Å². The number of aryl methyl sites for hydroxylation is 1. The fraction of sp³-hybridized carbons (Fsp3) is 0.240. The van der Waals surface area contributed by atoms with E-state index in [1.807, 2.05) is 54.1 Å². The Labute approximate surface area is 190 Å². The number of pyridine rings is 1. The molecule has 5 rings (SSSR count). The van der Waals surface area contributed by atoms with Crippen molar-refractivity contribution >= 4 is 22.5 Å². The molecule has 2 aromatic heterocycles. The van der Waals surface area contributed by atoms with Crippen LogP contribution in [0.4, 0.5) is 0 Å². The summed E-state index contributed by atoms with van der Waals surface area (Å²) in [6.45, 7) is 2.97. The summed E-state index contributed by atoms with van der Waals surface area (Å²) in [4.78, 5) is 12.8. The molecular weight excluding hydrogens is 424 g/mol. The van der Waals surface area contributed by atoms with Crippen LogP contribution in [-0.2, 0) is 13.2 Å². The predicted molar refractivity (Wildman–Crippen MR) is 123 cm³/mol. The number of hydrogen-bond acceptors (Lipinski definition) is 4. The van der Waals surface area contributed by atoms with Gasteiger partial charge in [0, 0.05) is 34.1 Å². The van der Waals surface area contributed by atoms with Crippen LogP contribution >= 0.6 is 11.6 Å². The third-order valence-electron chi connectivity index (χ3n) is 6.02. The molecule has 1 saturated carbocycles. The highest BCUT2D eigenvalue weighted by atomic mass is 35.5. The topological polar surface area (TPSA) is 72.8 Å². The number of fused-ring (bicyclic) bond motifs is 1. The van der Waals surface area contributed by atoms with E-state index >= 15 is 0 Å². The van der Waals surface area contributed by atoms with Gasteiger partial charge in [-0.25, -0.2) is 0 Å². The molecule has 0 amide bonds. The van der Waals surface area contributed by atoms with Crippen molar-refractivity contribution in [1.29, 1.82) is 5.26 Å². The molecule has 0 saturated heterocycles. The number of ether oxygens (including phenoxy) is 1. The van der Waals surface area contributed by atoms with Crippen LogP contribution in [0.5, 0.6) is 5.75 Å². The van der Waals surface area contributed by atoms with Gasteiger partial charge in [0.1, 0.15) is 12.4 Å². The molecule has 2 aromatic carbocycles. The Hall–Kier alpha value is -3.56. The van der Waals surface area contributed by atoms with Crippen molar-refractivity contribution < 1.29 is 4.74 Å². The number of nitriles is 1. The standard InChI is InChI=1S/C25H21ClN4O2/c1-17-22-12-20(6-7-23(22)28-30(17)16-25(15-27)9-10-25)29-11-8-21(13-24(29)31)32-14-18-2-4-19(26)5-3-18/h2-8,11-13H,9-10,14,16H2,1H3. The van der Waals surface area contributed by atoms with E-state index in [1.54, 1.807) is 16.8 Å². The average Bonchev–Trinajstić information content (AvgIpc) is 3.51. The third-order valence-corrected chi connectivity index (χ3v) is 6.27. The molecule has 0 spiro atoms. The SMILES string of the molecule is Cc1c2cc(-n3ccc(OCc4ccc(Cl)cc4)cc3=O)ccc2nn1CC1(C#N)CC1. The summed E-state index contributed by atoms with van der Waals surface area (Å²) >= 11 is 5.91. The summed E-state index contributed by atoms with van der Waals surface area (Å²) in [5, 5.41) is 15.7. The Morgan fingerprint density at radius 1 is 1.16 bits per heavy atom. The molecule has 4 aromatic rings. The van der Waals surface area contributed by atoms with Crippen molar-refractivity contribution in [1.82, 2.24) is 14.3 Å². The van der Waals surface area contributed by atoms with Gasteiger partial charge in [0.15, 0.2) is 0 Å². The second-order valence-electron chi connectivity index (χ2n) is 8.32. The van der Waals surface area contributed by atoms with Gasteiger partial charge in [0.05, 0.1) is 23.5 Å². The lowest BCUT2D eigenvalue weighted by Crippen LogP contribution is -2.16. The minimum atomic E-state index is -0.269. The fourth-order valence-corrected chi connectivity index (χ4v) is 3.93. The molecule has 32 heavy (non-hydrogen) atoms. The van der Waals surface area contributed by atoms with Crippen LogP contribution in [0.2, 0.25) is 5.02 Å². The number of nitrogens with zero attached hydrogens (tertiary/aromatic N) is 4. The first-order valence-corrected chi connectivity index (χ1v) is 10.8. The van der Waals surface area contributed by atoms with Crippen molar-refractivity contribution in [3.8, 4) is 17.5 Å². The van der Waals surface area contributed by atoms with Gasteiger partial charge in [-0.3, -0.25) is 14.0 Å². The largest absolute Gasteiger partial charge is 0.489 e. The second kappa shape index (κ2) is 7.85. The maximum atomic E-state index is 12.8. The molecule has 160 valence electrons. The van der Waals surface area contributed by atoms with Gasteiger partial charge < -0.3 is 4.74 Å².